The lowest BCUT2D eigenvalue weighted by molar-refractivity contribution is 0.818. The molecule has 0 saturated heterocycles. The highest BCUT2D eigenvalue weighted by atomic mass is 35.5. The Morgan fingerprint density at radius 1 is 1.50 bits per heavy atom. The second-order valence-electron chi connectivity index (χ2n) is 3.04. The molecule has 1 heterocycles. The van der Waals surface area contributed by atoms with Crippen LogP contribution in [0.3, 0.4) is 0 Å². The summed E-state index contributed by atoms with van der Waals surface area (Å²) in [5.74, 6) is 0.411. The molecule has 0 radical (unpaired) electrons. The lowest BCUT2D eigenvalue weighted by Gasteiger charge is -2.06. The van der Waals surface area contributed by atoms with Crippen LogP contribution in [0, 0.1) is 0 Å². The summed E-state index contributed by atoms with van der Waals surface area (Å²) >= 11 is 5.88. The number of nitrogens with two attached hydrogens (primary N) is 1. The lowest BCUT2D eigenvalue weighted by atomic mass is 10.1. The molecule has 0 spiro atoms. The Bertz CT molecular complexity index is 271. The number of hydrogen-bond acceptors (Lipinski definition) is 2. The fourth-order valence-electron chi connectivity index (χ4n) is 0.951. The smallest absolute Gasteiger partial charge is 0.133 e. The van der Waals surface area contributed by atoms with Crippen LogP contribution in [0.5, 0.6) is 0 Å². The van der Waals surface area contributed by atoms with Crippen molar-refractivity contribution in [1.82, 2.24) is 4.98 Å². The van der Waals surface area contributed by atoms with Gasteiger partial charge in [0.1, 0.15) is 5.15 Å². The predicted octanol–water partition coefficient (Wildman–Crippen LogP) is 2.32. The van der Waals surface area contributed by atoms with E-state index in [1.165, 1.54) is 0 Å². The number of nitrogens with zero attached hydrogens (tertiary/aromatic N) is 1. The van der Waals surface area contributed by atoms with Gasteiger partial charge < -0.3 is 5.73 Å². The van der Waals surface area contributed by atoms with E-state index in [0.717, 1.165) is 11.3 Å². The minimum Gasteiger partial charge on any atom is -0.326 e. The van der Waals surface area contributed by atoms with E-state index in [1.54, 1.807) is 0 Å². The largest absolute Gasteiger partial charge is 0.326 e. The van der Waals surface area contributed by atoms with Crippen LogP contribution < -0.4 is 5.73 Å². The fourth-order valence-corrected chi connectivity index (χ4v) is 1.19. The maximum absolute atomic E-state index is 5.88. The van der Waals surface area contributed by atoms with Gasteiger partial charge >= 0.3 is 0 Å². The van der Waals surface area contributed by atoms with Crippen LogP contribution in [0.4, 0.5) is 0 Å². The third-order valence-electron chi connectivity index (χ3n) is 1.76. The third-order valence-corrected chi connectivity index (χ3v) is 2.09. The van der Waals surface area contributed by atoms with Gasteiger partial charge in [-0.1, -0.05) is 31.5 Å². The first kappa shape index (κ1) is 9.49. The van der Waals surface area contributed by atoms with Gasteiger partial charge in [-0.25, -0.2) is 4.98 Å². The summed E-state index contributed by atoms with van der Waals surface area (Å²) in [5.41, 5.74) is 7.37. The molecule has 3 heteroatoms. The van der Waals surface area contributed by atoms with Crippen molar-refractivity contribution in [3.05, 3.63) is 28.5 Å². The van der Waals surface area contributed by atoms with Crippen LogP contribution in [0.1, 0.15) is 31.0 Å². The van der Waals surface area contributed by atoms with Crippen molar-refractivity contribution in [1.29, 1.82) is 0 Å². The van der Waals surface area contributed by atoms with E-state index in [4.69, 9.17) is 17.3 Å². The van der Waals surface area contributed by atoms with Crippen molar-refractivity contribution in [3.63, 3.8) is 0 Å². The van der Waals surface area contributed by atoms with Crippen LogP contribution in [-0.2, 0) is 6.54 Å². The topological polar surface area (TPSA) is 38.9 Å². The fraction of sp³-hybridized carbons (Fsp3) is 0.444. The van der Waals surface area contributed by atoms with E-state index >= 15 is 0 Å². The van der Waals surface area contributed by atoms with E-state index in [2.05, 4.69) is 18.8 Å². The summed E-state index contributed by atoms with van der Waals surface area (Å²) in [7, 11) is 0. The summed E-state index contributed by atoms with van der Waals surface area (Å²) in [4.78, 5) is 4.23. The van der Waals surface area contributed by atoms with Crippen molar-refractivity contribution in [2.75, 3.05) is 0 Å². The van der Waals surface area contributed by atoms with Gasteiger partial charge in [-0.05, 0) is 12.0 Å². The Kier molecular flexibility index (Phi) is 3.06. The molecule has 0 bridgehead atoms. The number of halogens is 1. The molecule has 0 atom stereocenters. The first-order chi connectivity index (χ1) is 5.65. The minimum atomic E-state index is 0.411. The molecule has 0 fully saturated rings. The monoisotopic (exact) mass is 184 g/mol. The van der Waals surface area contributed by atoms with E-state index in [0.29, 0.717) is 17.6 Å². The molecule has 1 rings (SSSR count). The van der Waals surface area contributed by atoms with Gasteiger partial charge in [-0.3, -0.25) is 0 Å². The molecule has 0 aliphatic heterocycles. The molecule has 0 unspecified atom stereocenters. The zero-order chi connectivity index (χ0) is 9.14. The highest BCUT2D eigenvalue weighted by Gasteiger charge is 2.04. The predicted molar refractivity (Wildman–Crippen MR) is 51.2 cm³/mol. The van der Waals surface area contributed by atoms with E-state index in [1.807, 2.05) is 12.1 Å². The number of hydrogen-bond donors (Lipinski definition) is 1. The summed E-state index contributed by atoms with van der Waals surface area (Å²) < 4.78 is 0. The zero-order valence-corrected chi connectivity index (χ0v) is 8.10. The number of aromatic nitrogens is 1. The molecule has 1 aromatic heterocycles. The Morgan fingerprint density at radius 2 is 2.17 bits per heavy atom. The molecule has 12 heavy (non-hydrogen) atoms. The number of pyridine rings is 1. The van der Waals surface area contributed by atoms with E-state index in [-0.39, 0.29) is 0 Å². The van der Waals surface area contributed by atoms with Crippen LogP contribution in [0.15, 0.2) is 12.1 Å². The molecular weight excluding hydrogens is 172 g/mol. The zero-order valence-electron chi connectivity index (χ0n) is 7.34. The van der Waals surface area contributed by atoms with E-state index < -0.39 is 0 Å². The highest BCUT2D eigenvalue weighted by Crippen LogP contribution is 2.17. The van der Waals surface area contributed by atoms with Gasteiger partial charge in [-0.2, -0.15) is 0 Å². The molecule has 2 N–H and O–H groups in total. The average Bonchev–Trinajstić information content (AvgIpc) is 2.04. The highest BCUT2D eigenvalue weighted by molar-refractivity contribution is 6.30. The third kappa shape index (κ3) is 1.96. The molecule has 0 aliphatic rings. The Labute approximate surface area is 77.8 Å². The van der Waals surface area contributed by atoms with Crippen LogP contribution >= 0.6 is 11.6 Å². The van der Waals surface area contributed by atoms with Crippen LogP contribution in [0.2, 0.25) is 5.15 Å². The Morgan fingerprint density at radius 3 is 2.58 bits per heavy atom. The molecule has 0 saturated carbocycles. The van der Waals surface area contributed by atoms with Gasteiger partial charge in [0, 0.05) is 17.8 Å². The molecule has 0 aromatic carbocycles. The Hall–Kier alpha value is -0.600. The van der Waals surface area contributed by atoms with Crippen molar-refractivity contribution in [2.24, 2.45) is 5.73 Å². The summed E-state index contributed by atoms with van der Waals surface area (Å²) in [6.07, 6.45) is 0. The van der Waals surface area contributed by atoms with Gasteiger partial charge in [-0.15, -0.1) is 0 Å². The van der Waals surface area contributed by atoms with Gasteiger partial charge in [0.15, 0.2) is 0 Å². The normalized spacial score (nSPS) is 10.8. The minimum absolute atomic E-state index is 0.411. The molecule has 66 valence electrons. The first-order valence-electron chi connectivity index (χ1n) is 4.00. The number of rotatable bonds is 2. The van der Waals surface area contributed by atoms with Gasteiger partial charge in [0.25, 0.3) is 0 Å². The standard InChI is InChI=1S/C9H13ClN2/c1-6(2)8-4-3-7(5-11)9(10)12-8/h3-4,6H,5,11H2,1-2H3. The maximum atomic E-state index is 5.88. The average molecular weight is 185 g/mol. The van der Waals surface area contributed by atoms with Crippen LogP contribution in [-0.4, -0.2) is 4.98 Å². The second-order valence-corrected chi connectivity index (χ2v) is 3.40. The maximum Gasteiger partial charge on any atom is 0.133 e. The molecular formula is C9H13ClN2. The van der Waals surface area contributed by atoms with Gasteiger partial charge in [0.2, 0.25) is 0 Å². The summed E-state index contributed by atoms with van der Waals surface area (Å²) in [6, 6.07) is 3.91. The van der Waals surface area contributed by atoms with Crippen molar-refractivity contribution in [3.8, 4) is 0 Å². The second kappa shape index (κ2) is 3.87. The molecule has 0 amide bonds. The van der Waals surface area contributed by atoms with Crippen molar-refractivity contribution >= 4 is 11.6 Å². The SMILES string of the molecule is CC(C)c1ccc(CN)c(Cl)n1. The molecule has 0 aliphatic carbocycles. The molecule has 1 aromatic rings. The van der Waals surface area contributed by atoms with E-state index in [9.17, 15) is 0 Å². The lowest BCUT2D eigenvalue weighted by Crippen LogP contribution is -2.01. The van der Waals surface area contributed by atoms with Crippen LogP contribution in [0.25, 0.3) is 0 Å². The molecule has 2 nitrogen and oxygen atoms in total. The Balaban J connectivity index is 3.02. The first-order valence-corrected chi connectivity index (χ1v) is 4.38. The quantitative estimate of drug-likeness (QED) is 0.717. The summed E-state index contributed by atoms with van der Waals surface area (Å²) in [5, 5.41) is 0.531. The summed E-state index contributed by atoms with van der Waals surface area (Å²) in [6.45, 7) is 4.62. The van der Waals surface area contributed by atoms with Crippen molar-refractivity contribution in [2.45, 2.75) is 26.3 Å². The van der Waals surface area contributed by atoms with Gasteiger partial charge in [0.05, 0.1) is 0 Å². The van der Waals surface area contributed by atoms with Crippen molar-refractivity contribution < 1.29 is 0 Å².